The van der Waals surface area contributed by atoms with Crippen molar-refractivity contribution in [3.8, 4) is 0 Å². The van der Waals surface area contributed by atoms with Crippen LogP contribution in [0, 0.1) is 6.92 Å². The largest absolute Gasteiger partial charge is 0.424 e. The van der Waals surface area contributed by atoms with Crippen molar-refractivity contribution < 1.29 is 9.21 Å². The zero-order chi connectivity index (χ0) is 14.1. The summed E-state index contributed by atoms with van der Waals surface area (Å²) in [6.45, 7) is 1.88. The van der Waals surface area contributed by atoms with Gasteiger partial charge in [0.1, 0.15) is 5.69 Å². The van der Waals surface area contributed by atoms with Gasteiger partial charge < -0.3 is 14.7 Å². The molecule has 0 aliphatic rings. The summed E-state index contributed by atoms with van der Waals surface area (Å²) in [5.41, 5.74) is 1.31. The van der Waals surface area contributed by atoms with Crippen molar-refractivity contribution in [2.75, 3.05) is 0 Å². The van der Waals surface area contributed by atoms with Crippen LogP contribution in [0.25, 0.3) is 10.9 Å². The molecule has 2 N–H and O–H groups in total. The van der Waals surface area contributed by atoms with Gasteiger partial charge in [0.2, 0.25) is 11.8 Å². The van der Waals surface area contributed by atoms with Crippen LogP contribution in [0.1, 0.15) is 22.3 Å². The summed E-state index contributed by atoms with van der Waals surface area (Å²) in [6, 6.07) is 7.14. The molecule has 2 heterocycles. The van der Waals surface area contributed by atoms with E-state index in [-0.39, 0.29) is 12.5 Å². The van der Waals surface area contributed by atoms with E-state index in [9.17, 15) is 4.79 Å². The molecule has 0 saturated carbocycles. The molecule has 0 aliphatic carbocycles. The molecule has 0 bridgehead atoms. The predicted octanol–water partition coefficient (Wildman–Crippen LogP) is 2.44. The average Bonchev–Trinajstić information content (AvgIpc) is 3.01. The molecule has 6 nitrogen and oxygen atoms in total. The standard InChI is InChI=1S/C13H11ClN4O2/c1-7-17-18-12(20-7)6-15-13(19)11-5-8-4-9(14)2-3-10(8)16-11/h2-5,16H,6H2,1H3,(H,15,19). The number of aromatic amines is 1. The van der Waals surface area contributed by atoms with Gasteiger partial charge >= 0.3 is 0 Å². The van der Waals surface area contributed by atoms with E-state index >= 15 is 0 Å². The van der Waals surface area contributed by atoms with Crippen molar-refractivity contribution in [3.63, 3.8) is 0 Å². The van der Waals surface area contributed by atoms with Crippen LogP contribution in [0.2, 0.25) is 5.02 Å². The summed E-state index contributed by atoms with van der Waals surface area (Å²) in [5.74, 6) is 0.595. The highest BCUT2D eigenvalue weighted by Gasteiger charge is 2.11. The van der Waals surface area contributed by atoms with Crippen LogP contribution in [0.3, 0.4) is 0 Å². The maximum Gasteiger partial charge on any atom is 0.268 e. The third-order valence-electron chi connectivity index (χ3n) is 2.80. The number of halogens is 1. The summed E-state index contributed by atoms with van der Waals surface area (Å²) in [4.78, 5) is 15.0. The predicted molar refractivity (Wildman–Crippen MR) is 73.5 cm³/mol. The molecule has 0 atom stereocenters. The van der Waals surface area contributed by atoms with Crippen LogP contribution >= 0.6 is 11.6 Å². The van der Waals surface area contributed by atoms with E-state index in [0.29, 0.717) is 22.5 Å². The van der Waals surface area contributed by atoms with Gasteiger partial charge in [-0.1, -0.05) is 11.6 Å². The number of aromatic nitrogens is 3. The Morgan fingerprint density at radius 3 is 3.00 bits per heavy atom. The van der Waals surface area contributed by atoms with Gasteiger partial charge in [0, 0.05) is 22.8 Å². The number of fused-ring (bicyclic) bond motifs is 1. The van der Waals surface area contributed by atoms with E-state index < -0.39 is 0 Å². The quantitative estimate of drug-likeness (QED) is 0.776. The number of nitrogens with one attached hydrogen (secondary N) is 2. The second-order valence-corrected chi connectivity index (χ2v) is 4.75. The van der Waals surface area contributed by atoms with E-state index in [1.165, 1.54) is 0 Å². The first kappa shape index (κ1) is 12.7. The van der Waals surface area contributed by atoms with Gasteiger partial charge in [-0.3, -0.25) is 4.79 Å². The molecular weight excluding hydrogens is 280 g/mol. The summed E-state index contributed by atoms with van der Waals surface area (Å²) in [5, 5.41) is 11.7. The number of hydrogen-bond donors (Lipinski definition) is 2. The highest BCUT2D eigenvalue weighted by Crippen LogP contribution is 2.20. The molecule has 1 amide bonds. The van der Waals surface area contributed by atoms with E-state index in [2.05, 4.69) is 20.5 Å². The maximum absolute atomic E-state index is 12.0. The number of rotatable bonds is 3. The monoisotopic (exact) mass is 290 g/mol. The highest BCUT2D eigenvalue weighted by molar-refractivity contribution is 6.31. The Labute approximate surface area is 119 Å². The zero-order valence-electron chi connectivity index (χ0n) is 10.6. The van der Waals surface area contributed by atoms with Crippen molar-refractivity contribution in [3.05, 3.63) is 46.8 Å². The van der Waals surface area contributed by atoms with Crippen LogP contribution < -0.4 is 5.32 Å². The third kappa shape index (κ3) is 2.50. The highest BCUT2D eigenvalue weighted by atomic mass is 35.5. The molecule has 0 aliphatic heterocycles. The number of carbonyl (C=O) groups is 1. The van der Waals surface area contributed by atoms with Crippen molar-refractivity contribution in [2.45, 2.75) is 13.5 Å². The van der Waals surface area contributed by atoms with Crippen LogP contribution in [0.5, 0.6) is 0 Å². The number of hydrogen-bond acceptors (Lipinski definition) is 4. The average molecular weight is 291 g/mol. The number of amides is 1. The number of aryl methyl sites for hydroxylation is 1. The van der Waals surface area contributed by atoms with Crippen molar-refractivity contribution in [1.82, 2.24) is 20.5 Å². The van der Waals surface area contributed by atoms with Crippen molar-refractivity contribution >= 4 is 28.4 Å². The summed E-state index contributed by atoms with van der Waals surface area (Å²) in [6.07, 6.45) is 0. The Bertz CT molecular complexity index is 778. The van der Waals surface area contributed by atoms with Crippen molar-refractivity contribution in [1.29, 1.82) is 0 Å². The number of carbonyl (C=O) groups excluding carboxylic acids is 1. The van der Waals surface area contributed by atoms with Gasteiger partial charge in [-0.05, 0) is 24.3 Å². The van der Waals surface area contributed by atoms with Crippen LogP contribution in [0.15, 0.2) is 28.7 Å². The van der Waals surface area contributed by atoms with Gasteiger partial charge in [0.25, 0.3) is 5.91 Å². The lowest BCUT2D eigenvalue weighted by Gasteiger charge is -1.99. The molecule has 3 rings (SSSR count). The summed E-state index contributed by atoms with van der Waals surface area (Å²) >= 11 is 5.91. The van der Waals surface area contributed by atoms with Crippen LogP contribution in [0.4, 0.5) is 0 Å². The number of benzene rings is 1. The van der Waals surface area contributed by atoms with E-state index in [1.54, 1.807) is 25.1 Å². The second-order valence-electron chi connectivity index (χ2n) is 4.31. The molecule has 3 aromatic rings. The molecule has 20 heavy (non-hydrogen) atoms. The Hall–Kier alpha value is -2.34. The van der Waals surface area contributed by atoms with Gasteiger partial charge in [-0.2, -0.15) is 0 Å². The third-order valence-corrected chi connectivity index (χ3v) is 3.03. The molecule has 0 unspecified atom stereocenters. The molecule has 0 radical (unpaired) electrons. The Balaban J connectivity index is 1.75. The van der Waals surface area contributed by atoms with Gasteiger partial charge in [0.15, 0.2) is 0 Å². The summed E-state index contributed by atoms with van der Waals surface area (Å²) in [7, 11) is 0. The molecule has 1 aromatic carbocycles. The fourth-order valence-corrected chi connectivity index (χ4v) is 2.07. The Morgan fingerprint density at radius 2 is 2.25 bits per heavy atom. The lowest BCUT2D eigenvalue weighted by atomic mass is 10.2. The minimum atomic E-state index is -0.242. The molecule has 0 spiro atoms. The van der Waals surface area contributed by atoms with Gasteiger partial charge in [0.05, 0.1) is 6.54 Å². The smallest absolute Gasteiger partial charge is 0.268 e. The molecular formula is C13H11ClN4O2. The number of nitrogens with zero attached hydrogens (tertiary/aromatic N) is 2. The van der Waals surface area contributed by atoms with Crippen LogP contribution in [-0.2, 0) is 6.54 Å². The zero-order valence-corrected chi connectivity index (χ0v) is 11.4. The van der Waals surface area contributed by atoms with E-state index in [4.69, 9.17) is 16.0 Å². The lowest BCUT2D eigenvalue weighted by Crippen LogP contribution is -2.23. The lowest BCUT2D eigenvalue weighted by molar-refractivity contribution is 0.0943. The summed E-state index contributed by atoms with van der Waals surface area (Å²) < 4.78 is 5.18. The fraction of sp³-hybridized carbons (Fsp3) is 0.154. The topological polar surface area (TPSA) is 83.8 Å². The first-order valence-electron chi connectivity index (χ1n) is 5.97. The van der Waals surface area contributed by atoms with Crippen LogP contribution in [-0.4, -0.2) is 21.1 Å². The van der Waals surface area contributed by atoms with E-state index in [0.717, 1.165) is 10.9 Å². The van der Waals surface area contributed by atoms with E-state index in [1.807, 2.05) is 6.07 Å². The first-order valence-corrected chi connectivity index (χ1v) is 6.35. The molecule has 0 fully saturated rings. The minimum absolute atomic E-state index is 0.190. The number of H-pyrrole nitrogens is 1. The van der Waals surface area contributed by atoms with Crippen molar-refractivity contribution in [2.24, 2.45) is 0 Å². The fourth-order valence-electron chi connectivity index (χ4n) is 1.89. The maximum atomic E-state index is 12.0. The normalized spacial score (nSPS) is 10.9. The van der Waals surface area contributed by atoms with Gasteiger partial charge in [-0.15, -0.1) is 10.2 Å². The second kappa shape index (κ2) is 4.97. The first-order chi connectivity index (χ1) is 9.61. The molecule has 7 heteroatoms. The molecule has 2 aromatic heterocycles. The Morgan fingerprint density at radius 1 is 1.40 bits per heavy atom. The Kier molecular flexibility index (Phi) is 3.15. The molecule has 0 saturated heterocycles. The SMILES string of the molecule is Cc1nnc(CNC(=O)c2cc3cc(Cl)ccc3[nH]2)o1. The minimum Gasteiger partial charge on any atom is -0.424 e. The molecule has 102 valence electrons. The van der Waals surface area contributed by atoms with Gasteiger partial charge in [-0.25, -0.2) is 0 Å².